The van der Waals surface area contributed by atoms with Gasteiger partial charge in [0.25, 0.3) is 0 Å². The number of aldehydes is 2. The minimum atomic E-state index is -0.399. The zero-order valence-electron chi connectivity index (χ0n) is 18.7. The van der Waals surface area contributed by atoms with Crippen molar-refractivity contribution in [1.29, 1.82) is 0 Å². The first-order chi connectivity index (χ1) is 16.3. The summed E-state index contributed by atoms with van der Waals surface area (Å²) in [4.78, 5) is 22.8. The number of ether oxygens (including phenoxy) is 1. The maximum atomic E-state index is 11.4. The van der Waals surface area contributed by atoms with Gasteiger partial charge in [-0.2, -0.15) is 0 Å². The van der Waals surface area contributed by atoms with Crippen LogP contribution >= 0.6 is 0 Å². The standard InChI is InChI=1S/C29H22O5/c1-29(2)23-7-3-5-21(17-9-11-25(32)19(13-17)15-30)27(23)34-28-22(6-4-8-24(28)29)18-10-12-26(33)20(14-18)16-31/h3-16,32-33H,1-2H3. The zero-order chi connectivity index (χ0) is 24.0. The van der Waals surface area contributed by atoms with Crippen LogP contribution in [0.25, 0.3) is 22.3 Å². The van der Waals surface area contributed by atoms with E-state index in [4.69, 9.17) is 4.74 Å². The van der Waals surface area contributed by atoms with Gasteiger partial charge < -0.3 is 14.9 Å². The molecule has 0 aliphatic carbocycles. The van der Waals surface area contributed by atoms with Gasteiger partial charge >= 0.3 is 0 Å². The van der Waals surface area contributed by atoms with Crippen LogP contribution in [0.5, 0.6) is 23.0 Å². The molecule has 1 aliphatic rings. The van der Waals surface area contributed by atoms with Crippen LogP contribution in [0.1, 0.15) is 45.7 Å². The lowest BCUT2D eigenvalue weighted by Crippen LogP contribution is -2.25. The van der Waals surface area contributed by atoms with Crippen molar-refractivity contribution >= 4 is 12.6 Å². The number of phenolic OH excluding ortho intramolecular Hbond substituents is 2. The molecular formula is C29H22O5. The summed E-state index contributed by atoms with van der Waals surface area (Å²) < 4.78 is 6.59. The summed E-state index contributed by atoms with van der Waals surface area (Å²) in [7, 11) is 0. The van der Waals surface area contributed by atoms with Crippen LogP contribution in [0, 0.1) is 0 Å². The van der Waals surface area contributed by atoms with Crippen molar-refractivity contribution in [3.63, 3.8) is 0 Å². The molecule has 5 nitrogen and oxygen atoms in total. The van der Waals surface area contributed by atoms with Crippen molar-refractivity contribution in [3.8, 4) is 45.3 Å². The molecule has 0 spiro atoms. The van der Waals surface area contributed by atoms with Gasteiger partial charge in [0.2, 0.25) is 0 Å². The fourth-order valence-electron chi connectivity index (χ4n) is 4.61. The van der Waals surface area contributed by atoms with Crippen LogP contribution in [-0.2, 0) is 5.41 Å². The van der Waals surface area contributed by atoms with E-state index in [9.17, 15) is 19.8 Å². The van der Waals surface area contributed by atoms with Crippen molar-refractivity contribution in [2.45, 2.75) is 19.3 Å². The number of carbonyl (C=O) groups excluding carboxylic acids is 2. The number of carbonyl (C=O) groups is 2. The van der Waals surface area contributed by atoms with Gasteiger partial charge in [0.15, 0.2) is 12.6 Å². The molecule has 0 saturated carbocycles. The first-order valence-electron chi connectivity index (χ1n) is 10.9. The number of hydrogen-bond acceptors (Lipinski definition) is 5. The maximum Gasteiger partial charge on any atom is 0.153 e. The second kappa shape index (κ2) is 7.89. The van der Waals surface area contributed by atoms with Gasteiger partial charge in [0.1, 0.15) is 23.0 Å². The first kappa shape index (κ1) is 21.5. The van der Waals surface area contributed by atoms with E-state index in [1.165, 1.54) is 12.1 Å². The molecular weight excluding hydrogens is 428 g/mol. The minimum Gasteiger partial charge on any atom is -0.507 e. The average Bonchev–Trinajstić information content (AvgIpc) is 2.84. The predicted molar refractivity (Wildman–Crippen MR) is 130 cm³/mol. The molecule has 168 valence electrons. The Morgan fingerprint density at radius 3 is 1.53 bits per heavy atom. The third-order valence-corrected chi connectivity index (χ3v) is 6.51. The van der Waals surface area contributed by atoms with Gasteiger partial charge in [-0.25, -0.2) is 0 Å². The minimum absolute atomic E-state index is 0.0734. The van der Waals surface area contributed by atoms with Gasteiger partial charge in [-0.3, -0.25) is 9.59 Å². The fourth-order valence-corrected chi connectivity index (χ4v) is 4.61. The largest absolute Gasteiger partial charge is 0.507 e. The number of benzene rings is 4. The summed E-state index contributed by atoms with van der Waals surface area (Å²) >= 11 is 0. The third-order valence-electron chi connectivity index (χ3n) is 6.51. The van der Waals surface area contributed by atoms with Gasteiger partial charge in [0, 0.05) is 27.7 Å². The Hall–Kier alpha value is -4.38. The molecule has 34 heavy (non-hydrogen) atoms. The zero-order valence-corrected chi connectivity index (χ0v) is 18.7. The van der Waals surface area contributed by atoms with E-state index >= 15 is 0 Å². The van der Waals surface area contributed by atoms with Crippen LogP contribution in [0.15, 0.2) is 72.8 Å². The maximum absolute atomic E-state index is 11.4. The summed E-state index contributed by atoms with van der Waals surface area (Å²) in [5, 5.41) is 19.9. The Morgan fingerprint density at radius 1 is 0.676 bits per heavy atom. The number of fused-ring (bicyclic) bond motifs is 2. The summed E-state index contributed by atoms with van der Waals surface area (Å²) in [5.41, 5.74) is 5.10. The van der Waals surface area contributed by atoms with Gasteiger partial charge in [-0.15, -0.1) is 0 Å². The molecule has 0 saturated heterocycles. The highest BCUT2D eigenvalue weighted by Gasteiger charge is 2.36. The molecule has 0 unspecified atom stereocenters. The summed E-state index contributed by atoms with van der Waals surface area (Å²) in [5.74, 6) is 1.19. The molecule has 1 aliphatic heterocycles. The second-order valence-corrected chi connectivity index (χ2v) is 8.87. The quantitative estimate of drug-likeness (QED) is 0.347. The molecule has 4 aromatic carbocycles. The normalized spacial score (nSPS) is 13.4. The Morgan fingerprint density at radius 2 is 1.12 bits per heavy atom. The molecule has 5 heteroatoms. The van der Waals surface area contributed by atoms with Crippen LogP contribution in [-0.4, -0.2) is 22.8 Å². The SMILES string of the molecule is CC1(C)c2cccc(-c3ccc(O)c(C=O)c3)c2Oc2c(-c3ccc(O)c(C=O)c3)cccc21. The predicted octanol–water partition coefficient (Wildman–Crippen LogP) is 6.49. The van der Waals surface area contributed by atoms with Crippen LogP contribution in [0.4, 0.5) is 0 Å². The Labute approximate surface area is 196 Å². The number of rotatable bonds is 4. The molecule has 5 rings (SSSR count). The highest BCUT2D eigenvalue weighted by molar-refractivity contribution is 5.87. The second-order valence-electron chi connectivity index (χ2n) is 8.87. The molecule has 0 fully saturated rings. The Kier molecular flexibility index (Phi) is 4.98. The number of aromatic hydroxyl groups is 2. The molecule has 0 amide bonds. The average molecular weight is 450 g/mol. The number of phenols is 2. The molecule has 0 atom stereocenters. The van der Waals surface area contributed by atoms with Gasteiger partial charge in [-0.05, 0) is 35.4 Å². The Bertz CT molecular complexity index is 1360. The van der Waals surface area contributed by atoms with Crippen molar-refractivity contribution < 1.29 is 24.5 Å². The summed E-state index contributed by atoms with van der Waals surface area (Å²) in [6, 6.07) is 21.6. The molecule has 0 radical (unpaired) electrons. The van der Waals surface area contributed by atoms with Crippen LogP contribution in [0.2, 0.25) is 0 Å². The van der Waals surface area contributed by atoms with Gasteiger partial charge in [0.05, 0.1) is 11.1 Å². The van der Waals surface area contributed by atoms with Crippen LogP contribution < -0.4 is 4.74 Å². The lowest BCUT2D eigenvalue weighted by atomic mass is 9.74. The fraction of sp³-hybridized carbons (Fsp3) is 0.103. The smallest absolute Gasteiger partial charge is 0.153 e. The van der Waals surface area contributed by atoms with Gasteiger partial charge in [-0.1, -0.05) is 62.4 Å². The van der Waals surface area contributed by atoms with Crippen molar-refractivity contribution in [1.82, 2.24) is 0 Å². The molecule has 2 N–H and O–H groups in total. The number of para-hydroxylation sites is 2. The highest BCUT2D eigenvalue weighted by atomic mass is 16.5. The van der Waals surface area contributed by atoms with Crippen LogP contribution in [0.3, 0.4) is 0 Å². The molecule has 1 heterocycles. The topological polar surface area (TPSA) is 83.8 Å². The lowest BCUT2D eigenvalue weighted by Gasteiger charge is -2.36. The van der Waals surface area contributed by atoms with Crippen molar-refractivity contribution in [2.75, 3.05) is 0 Å². The van der Waals surface area contributed by atoms with E-state index in [1.54, 1.807) is 24.3 Å². The van der Waals surface area contributed by atoms with E-state index in [-0.39, 0.29) is 22.6 Å². The van der Waals surface area contributed by atoms with E-state index in [0.717, 1.165) is 33.4 Å². The van der Waals surface area contributed by atoms with E-state index in [0.29, 0.717) is 24.1 Å². The van der Waals surface area contributed by atoms with E-state index in [2.05, 4.69) is 13.8 Å². The molecule has 0 aromatic heterocycles. The highest BCUT2D eigenvalue weighted by Crippen LogP contribution is 2.54. The van der Waals surface area contributed by atoms with E-state index < -0.39 is 5.41 Å². The summed E-state index contributed by atoms with van der Waals surface area (Å²) in [6.07, 6.45) is 1.25. The third kappa shape index (κ3) is 3.25. The van der Waals surface area contributed by atoms with E-state index in [1.807, 2.05) is 36.4 Å². The lowest BCUT2D eigenvalue weighted by molar-refractivity contribution is 0.111. The first-order valence-corrected chi connectivity index (χ1v) is 10.9. The summed E-state index contributed by atoms with van der Waals surface area (Å²) in [6.45, 7) is 4.25. The Balaban J connectivity index is 1.73. The monoisotopic (exact) mass is 450 g/mol. The van der Waals surface area contributed by atoms with Crippen molar-refractivity contribution in [2.24, 2.45) is 0 Å². The van der Waals surface area contributed by atoms with Crippen molar-refractivity contribution in [3.05, 3.63) is 95.1 Å². The number of hydrogen-bond donors (Lipinski definition) is 2. The molecule has 4 aromatic rings. The molecule has 0 bridgehead atoms.